The van der Waals surface area contributed by atoms with Gasteiger partial charge in [0.25, 0.3) is 14.0 Å². The number of rotatable bonds is 10. The summed E-state index contributed by atoms with van der Waals surface area (Å²) in [5.74, 6) is 0.0749. The van der Waals surface area contributed by atoms with Crippen molar-refractivity contribution in [2.75, 3.05) is 13.2 Å². The van der Waals surface area contributed by atoms with Crippen molar-refractivity contribution in [3.05, 3.63) is 95.0 Å². The molecule has 0 bridgehead atoms. The summed E-state index contributed by atoms with van der Waals surface area (Å²) >= 11 is 0. The highest BCUT2D eigenvalue weighted by molar-refractivity contribution is 6.99. The fourth-order valence-electron chi connectivity index (χ4n) is 3.92. The predicted octanol–water partition coefficient (Wildman–Crippen LogP) is 4.38. The van der Waals surface area contributed by atoms with Crippen LogP contribution in [0, 0.1) is 10.1 Å². The molecule has 0 saturated carbocycles. The summed E-state index contributed by atoms with van der Waals surface area (Å²) in [5.41, 5.74) is -0.140. The lowest BCUT2D eigenvalue weighted by atomic mass is 10.2. The monoisotopic (exact) mass is 496 g/mol. The molecule has 9 nitrogen and oxygen atoms in total. The molecule has 184 valence electrons. The molecule has 0 aliphatic rings. The van der Waals surface area contributed by atoms with Crippen LogP contribution in [0.25, 0.3) is 0 Å². The first-order valence-electron chi connectivity index (χ1n) is 11.0. The van der Waals surface area contributed by atoms with Gasteiger partial charge in [-0.15, -0.1) is 0 Å². The zero-order chi connectivity index (χ0) is 25.5. The molecule has 0 aliphatic heterocycles. The zero-order valence-electron chi connectivity index (χ0n) is 19.8. The van der Waals surface area contributed by atoms with E-state index in [4.69, 9.17) is 14.1 Å². The number of amides is 1. The highest BCUT2D eigenvalue weighted by atomic mass is 28.4. The number of carbonyl (C=O) groups is 1. The topological polar surface area (TPSA) is 111 Å². The normalized spacial score (nSPS) is 11.6. The number of nitro groups is 1. The van der Waals surface area contributed by atoms with Crippen molar-refractivity contribution in [2.45, 2.75) is 25.8 Å². The molecule has 3 aromatic carbocycles. The molecule has 0 unspecified atom stereocenters. The lowest BCUT2D eigenvalue weighted by Crippen LogP contribution is -2.66. The number of non-ortho nitro benzene ring substituents is 1. The molecule has 1 N–H and O–H groups in total. The molecule has 0 aromatic heterocycles. The molecule has 0 spiro atoms. The standard InChI is InChI=1S/C25H28N2O7Si/c1-25(2,3)35(22-10-6-4-7-11-22,23-12-8-5-9-13-23)33-19-18-32-27(24(28)29)34-21-16-14-20(15-17-21)26(30)31/h4-17H,18-19H2,1-3H3,(H,28,29). The fraction of sp³-hybridized carbons (Fsp3) is 0.240. The van der Waals surface area contributed by atoms with Gasteiger partial charge in [-0.3, -0.25) is 10.1 Å². The molecule has 0 aliphatic carbocycles. The third-order valence-electron chi connectivity index (χ3n) is 5.42. The van der Waals surface area contributed by atoms with Crippen LogP contribution in [0.4, 0.5) is 10.5 Å². The van der Waals surface area contributed by atoms with Crippen molar-refractivity contribution in [3.63, 3.8) is 0 Å². The van der Waals surface area contributed by atoms with Crippen molar-refractivity contribution in [1.29, 1.82) is 0 Å². The van der Waals surface area contributed by atoms with Gasteiger partial charge in [-0.05, 0) is 32.8 Å². The summed E-state index contributed by atoms with van der Waals surface area (Å²) in [6, 6.07) is 25.1. The molecule has 0 radical (unpaired) electrons. The van der Waals surface area contributed by atoms with Crippen LogP contribution in [-0.2, 0) is 9.26 Å². The van der Waals surface area contributed by atoms with Crippen LogP contribution in [0.2, 0.25) is 5.04 Å². The smallest absolute Gasteiger partial charge is 0.461 e. The molecule has 0 heterocycles. The van der Waals surface area contributed by atoms with Crippen molar-refractivity contribution >= 4 is 30.5 Å². The maximum Gasteiger partial charge on any atom is 0.467 e. The molecule has 1 amide bonds. The van der Waals surface area contributed by atoms with E-state index < -0.39 is 19.3 Å². The van der Waals surface area contributed by atoms with Gasteiger partial charge >= 0.3 is 6.09 Å². The number of hydrogen-bond acceptors (Lipinski definition) is 6. The van der Waals surface area contributed by atoms with Crippen molar-refractivity contribution in [3.8, 4) is 5.75 Å². The van der Waals surface area contributed by atoms with Gasteiger partial charge in [-0.1, -0.05) is 81.4 Å². The van der Waals surface area contributed by atoms with E-state index in [9.17, 15) is 20.0 Å². The van der Waals surface area contributed by atoms with Gasteiger partial charge in [0.15, 0.2) is 5.75 Å². The van der Waals surface area contributed by atoms with Gasteiger partial charge in [0, 0.05) is 12.1 Å². The Kier molecular flexibility index (Phi) is 8.23. The van der Waals surface area contributed by atoms with Crippen LogP contribution in [0.1, 0.15) is 20.8 Å². The maximum atomic E-state index is 11.6. The number of nitro benzene ring substituents is 1. The molecule has 0 saturated heterocycles. The van der Waals surface area contributed by atoms with E-state index in [2.05, 4.69) is 45.0 Å². The predicted molar refractivity (Wildman–Crippen MR) is 133 cm³/mol. The van der Waals surface area contributed by atoms with Crippen molar-refractivity contribution < 1.29 is 28.9 Å². The average molecular weight is 497 g/mol. The SMILES string of the molecule is CC(C)(C)[Si](OCCON(Oc1ccc([N+](=O)[O-])cc1)C(=O)O)(c1ccccc1)c1ccccc1. The molecule has 10 heteroatoms. The highest BCUT2D eigenvalue weighted by Gasteiger charge is 2.50. The minimum atomic E-state index is -2.79. The van der Waals surface area contributed by atoms with Gasteiger partial charge in [0.2, 0.25) is 0 Å². The Hall–Kier alpha value is -3.73. The molecule has 35 heavy (non-hydrogen) atoms. The number of benzene rings is 3. The summed E-state index contributed by atoms with van der Waals surface area (Å²) in [5, 5.41) is 22.5. The van der Waals surface area contributed by atoms with Crippen LogP contribution in [0.3, 0.4) is 0 Å². The second-order valence-electron chi connectivity index (χ2n) is 8.73. The molecular weight excluding hydrogens is 468 g/mol. The van der Waals surface area contributed by atoms with Crippen LogP contribution < -0.4 is 15.2 Å². The van der Waals surface area contributed by atoms with Gasteiger partial charge in [-0.2, -0.15) is 0 Å². The first-order valence-corrected chi connectivity index (χ1v) is 12.9. The Balaban J connectivity index is 1.76. The molecule has 3 aromatic rings. The van der Waals surface area contributed by atoms with Gasteiger partial charge in [-0.25, -0.2) is 9.63 Å². The fourth-order valence-corrected chi connectivity index (χ4v) is 8.47. The Labute approximate surface area is 204 Å². The number of hydroxylamine groups is 2. The lowest BCUT2D eigenvalue weighted by molar-refractivity contribution is -0.384. The van der Waals surface area contributed by atoms with E-state index in [0.717, 1.165) is 10.4 Å². The second-order valence-corrected chi connectivity index (χ2v) is 13.0. The van der Waals surface area contributed by atoms with E-state index in [-0.39, 0.29) is 29.7 Å². The van der Waals surface area contributed by atoms with E-state index in [1.54, 1.807) is 0 Å². The lowest BCUT2D eigenvalue weighted by Gasteiger charge is -2.43. The van der Waals surface area contributed by atoms with E-state index in [1.807, 2.05) is 36.4 Å². The van der Waals surface area contributed by atoms with E-state index in [1.165, 1.54) is 24.3 Å². The number of hydrogen-bond donors (Lipinski definition) is 1. The summed E-state index contributed by atoms with van der Waals surface area (Å²) in [4.78, 5) is 32.4. The summed E-state index contributed by atoms with van der Waals surface area (Å²) in [7, 11) is -2.79. The van der Waals surface area contributed by atoms with Crippen LogP contribution in [-0.4, -0.2) is 42.9 Å². The van der Waals surface area contributed by atoms with Gasteiger partial charge in [0.1, 0.15) is 6.61 Å². The maximum absolute atomic E-state index is 11.6. The van der Waals surface area contributed by atoms with Crippen LogP contribution in [0.5, 0.6) is 5.75 Å². The zero-order valence-corrected chi connectivity index (χ0v) is 20.8. The highest BCUT2D eigenvalue weighted by Crippen LogP contribution is 2.36. The van der Waals surface area contributed by atoms with Gasteiger partial charge < -0.3 is 14.4 Å². The summed E-state index contributed by atoms with van der Waals surface area (Å²) < 4.78 is 6.65. The third-order valence-corrected chi connectivity index (χ3v) is 10.5. The van der Waals surface area contributed by atoms with E-state index in [0.29, 0.717) is 5.23 Å². The van der Waals surface area contributed by atoms with Crippen LogP contribution in [0.15, 0.2) is 84.9 Å². The first-order chi connectivity index (χ1) is 16.6. The average Bonchev–Trinajstić information content (AvgIpc) is 2.84. The van der Waals surface area contributed by atoms with Crippen molar-refractivity contribution in [1.82, 2.24) is 5.23 Å². The van der Waals surface area contributed by atoms with E-state index >= 15 is 0 Å². The summed E-state index contributed by atoms with van der Waals surface area (Å²) in [6.07, 6.45) is -1.48. The molecule has 0 fully saturated rings. The molecular formula is C25H28N2O7Si. The third kappa shape index (κ3) is 6.04. The van der Waals surface area contributed by atoms with Crippen LogP contribution >= 0.6 is 0 Å². The quantitative estimate of drug-likeness (QED) is 0.192. The second kappa shape index (κ2) is 11.1. The van der Waals surface area contributed by atoms with Crippen molar-refractivity contribution in [2.24, 2.45) is 0 Å². The largest absolute Gasteiger partial charge is 0.467 e. The van der Waals surface area contributed by atoms with Gasteiger partial charge in [0.05, 0.1) is 11.5 Å². The summed E-state index contributed by atoms with van der Waals surface area (Å²) in [6.45, 7) is 6.44. The minimum Gasteiger partial charge on any atom is -0.461 e. The number of carboxylic acid groups (broad SMARTS) is 1. The Morgan fingerprint density at radius 2 is 1.43 bits per heavy atom. The molecule has 3 rings (SSSR count). The Bertz CT molecular complexity index is 1080. The molecule has 0 atom stereocenters. The Morgan fingerprint density at radius 1 is 0.914 bits per heavy atom. The number of nitrogens with zero attached hydrogens (tertiary/aromatic N) is 2. The Morgan fingerprint density at radius 3 is 1.86 bits per heavy atom. The minimum absolute atomic E-state index is 0.0749. The first kappa shape index (κ1) is 25.9.